The molecule has 1 amide bonds. The van der Waals surface area contributed by atoms with Crippen molar-refractivity contribution >= 4 is 40.7 Å². The van der Waals surface area contributed by atoms with Crippen LogP contribution in [0.1, 0.15) is 11.1 Å². The van der Waals surface area contributed by atoms with E-state index in [9.17, 15) is 9.18 Å². The first-order valence-electron chi connectivity index (χ1n) is 7.30. The van der Waals surface area contributed by atoms with Crippen molar-refractivity contribution in [2.24, 2.45) is 10.2 Å². The Morgan fingerprint density at radius 2 is 2.20 bits per heavy atom. The molecule has 1 aliphatic rings. The van der Waals surface area contributed by atoms with Gasteiger partial charge in [-0.25, -0.2) is 4.39 Å². The van der Waals surface area contributed by atoms with E-state index in [1.165, 1.54) is 23.9 Å². The number of ether oxygens (including phenoxy) is 1. The third-order valence-electron chi connectivity index (χ3n) is 3.21. The lowest BCUT2D eigenvalue weighted by atomic mass is 10.2. The highest BCUT2D eigenvalue weighted by Crippen LogP contribution is 2.20. The lowest BCUT2D eigenvalue weighted by Crippen LogP contribution is -2.19. The zero-order valence-electron chi connectivity index (χ0n) is 12.9. The Labute approximate surface area is 152 Å². The van der Waals surface area contributed by atoms with E-state index < -0.39 is 0 Å². The molecular weight excluding hydrogens is 365 g/mol. The zero-order chi connectivity index (χ0) is 17.6. The van der Waals surface area contributed by atoms with Crippen LogP contribution < -0.4 is 10.1 Å². The number of amidine groups is 1. The van der Waals surface area contributed by atoms with Gasteiger partial charge in [-0.1, -0.05) is 41.6 Å². The first kappa shape index (κ1) is 17.4. The minimum Gasteiger partial charge on any atom is -0.489 e. The molecule has 2 aromatic carbocycles. The maximum Gasteiger partial charge on any atom is 0.236 e. The largest absolute Gasteiger partial charge is 0.489 e. The van der Waals surface area contributed by atoms with Crippen molar-refractivity contribution < 1.29 is 13.9 Å². The molecule has 128 valence electrons. The van der Waals surface area contributed by atoms with Crippen molar-refractivity contribution in [1.82, 2.24) is 5.32 Å². The van der Waals surface area contributed by atoms with E-state index in [1.54, 1.807) is 24.4 Å². The Morgan fingerprint density at radius 1 is 1.32 bits per heavy atom. The highest BCUT2D eigenvalue weighted by Gasteiger charge is 2.15. The van der Waals surface area contributed by atoms with Crippen molar-refractivity contribution in [1.29, 1.82) is 0 Å². The highest BCUT2D eigenvalue weighted by molar-refractivity contribution is 8.15. The minimum atomic E-state index is -0.384. The van der Waals surface area contributed by atoms with Gasteiger partial charge in [0.25, 0.3) is 0 Å². The Balaban J connectivity index is 1.62. The van der Waals surface area contributed by atoms with Gasteiger partial charge < -0.3 is 10.1 Å². The van der Waals surface area contributed by atoms with Gasteiger partial charge in [0, 0.05) is 5.56 Å². The molecule has 25 heavy (non-hydrogen) atoms. The summed E-state index contributed by atoms with van der Waals surface area (Å²) in [6.45, 7) is 0.227. The molecule has 2 aromatic rings. The molecule has 0 bridgehead atoms. The number of rotatable bonds is 5. The van der Waals surface area contributed by atoms with Gasteiger partial charge in [-0.05, 0) is 29.8 Å². The van der Waals surface area contributed by atoms with Crippen molar-refractivity contribution in [2.45, 2.75) is 6.61 Å². The number of thioether (sulfide) groups is 1. The average molecular weight is 378 g/mol. The Kier molecular flexibility index (Phi) is 5.67. The van der Waals surface area contributed by atoms with Gasteiger partial charge in [0.05, 0.1) is 17.0 Å². The van der Waals surface area contributed by atoms with Crippen LogP contribution in [-0.4, -0.2) is 23.0 Å². The quantitative estimate of drug-likeness (QED) is 0.639. The normalized spacial score (nSPS) is 15.8. The second-order valence-corrected chi connectivity index (χ2v) is 6.45. The molecule has 5 nitrogen and oxygen atoms in total. The Morgan fingerprint density at radius 3 is 2.96 bits per heavy atom. The van der Waals surface area contributed by atoms with Gasteiger partial charge in [0.1, 0.15) is 18.2 Å². The van der Waals surface area contributed by atoms with Crippen LogP contribution in [0.5, 0.6) is 5.75 Å². The summed E-state index contributed by atoms with van der Waals surface area (Å²) in [7, 11) is 0. The summed E-state index contributed by atoms with van der Waals surface area (Å²) in [5.74, 6) is 0.531. The lowest BCUT2D eigenvalue weighted by molar-refractivity contribution is -0.116. The second-order valence-electron chi connectivity index (χ2n) is 5.08. The topological polar surface area (TPSA) is 63.0 Å². The molecule has 8 heteroatoms. The van der Waals surface area contributed by atoms with Crippen LogP contribution in [0.25, 0.3) is 0 Å². The van der Waals surface area contributed by atoms with Gasteiger partial charge in [-0.15, -0.1) is 5.10 Å². The SMILES string of the molecule is O=C1CSC(=NN=Cc2cccc(OCc3ccc(F)cc3Cl)c2)N1. The molecule has 0 unspecified atom stereocenters. The van der Waals surface area contributed by atoms with E-state index in [2.05, 4.69) is 15.5 Å². The summed E-state index contributed by atoms with van der Waals surface area (Å²) in [6, 6.07) is 11.4. The van der Waals surface area contributed by atoms with E-state index in [-0.39, 0.29) is 18.3 Å². The standard InChI is InChI=1S/C17H13ClFN3O2S/c18-15-7-13(19)5-4-12(15)9-24-14-3-1-2-11(6-14)8-20-22-17-21-16(23)10-25-17/h1-8H,9-10H2,(H,21,22,23). The van der Waals surface area contributed by atoms with Crippen molar-refractivity contribution in [3.05, 3.63) is 64.4 Å². The van der Waals surface area contributed by atoms with Crippen LogP contribution in [-0.2, 0) is 11.4 Å². The van der Waals surface area contributed by atoms with E-state index in [4.69, 9.17) is 16.3 Å². The number of halogens is 2. The number of benzene rings is 2. The zero-order valence-corrected chi connectivity index (χ0v) is 14.5. The fraction of sp³-hybridized carbons (Fsp3) is 0.118. The van der Waals surface area contributed by atoms with Crippen LogP contribution in [0, 0.1) is 5.82 Å². The van der Waals surface area contributed by atoms with Crippen LogP contribution in [0.3, 0.4) is 0 Å². The molecule has 0 atom stereocenters. The molecule has 0 radical (unpaired) electrons. The van der Waals surface area contributed by atoms with Crippen LogP contribution in [0.4, 0.5) is 4.39 Å². The lowest BCUT2D eigenvalue weighted by Gasteiger charge is -2.08. The molecule has 1 fully saturated rings. The van der Waals surface area contributed by atoms with Gasteiger partial charge >= 0.3 is 0 Å². The fourth-order valence-corrected chi connectivity index (χ4v) is 2.86. The van der Waals surface area contributed by atoms with Gasteiger partial charge in [-0.2, -0.15) is 5.10 Å². The molecule has 1 aliphatic heterocycles. The number of hydrogen-bond acceptors (Lipinski definition) is 5. The Bertz CT molecular complexity index is 858. The molecule has 0 aromatic heterocycles. The second kappa shape index (κ2) is 8.13. The van der Waals surface area contributed by atoms with Gasteiger partial charge in [0.15, 0.2) is 5.17 Å². The summed E-state index contributed by atoms with van der Waals surface area (Å²) in [5, 5.41) is 11.3. The number of hydrogen-bond donors (Lipinski definition) is 1. The smallest absolute Gasteiger partial charge is 0.236 e. The Hall–Kier alpha value is -2.38. The first-order chi connectivity index (χ1) is 12.1. The van der Waals surface area contributed by atoms with E-state index >= 15 is 0 Å². The van der Waals surface area contributed by atoms with Crippen molar-refractivity contribution in [2.75, 3.05) is 5.75 Å². The average Bonchev–Trinajstić information content (AvgIpc) is 3.00. The summed E-state index contributed by atoms with van der Waals surface area (Å²) >= 11 is 7.29. The highest BCUT2D eigenvalue weighted by atomic mass is 35.5. The van der Waals surface area contributed by atoms with Crippen LogP contribution >= 0.6 is 23.4 Å². The fourth-order valence-electron chi connectivity index (χ4n) is 2.01. The molecule has 1 N–H and O–H groups in total. The third-order valence-corrected chi connectivity index (χ3v) is 4.42. The first-order valence-corrected chi connectivity index (χ1v) is 8.67. The number of carbonyl (C=O) groups is 1. The van der Waals surface area contributed by atoms with E-state index in [0.717, 1.165) is 5.56 Å². The summed E-state index contributed by atoms with van der Waals surface area (Å²) in [5.41, 5.74) is 1.49. The molecule has 0 saturated carbocycles. The minimum absolute atomic E-state index is 0.0752. The summed E-state index contributed by atoms with van der Waals surface area (Å²) in [6.07, 6.45) is 1.57. The maximum absolute atomic E-state index is 13.0. The summed E-state index contributed by atoms with van der Waals surface area (Å²) in [4.78, 5) is 11.1. The molecule has 0 spiro atoms. The molecule has 3 rings (SSSR count). The monoisotopic (exact) mass is 377 g/mol. The van der Waals surface area contributed by atoms with Crippen LogP contribution in [0.15, 0.2) is 52.7 Å². The van der Waals surface area contributed by atoms with Gasteiger partial charge in [-0.3, -0.25) is 4.79 Å². The number of nitrogens with zero attached hydrogens (tertiary/aromatic N) is 2. The molecular formula is C17H13ClFN3O2S. The summed E-state index contributed by atoms with van der Waals surface area (Å²) < 4.78 is 18.7. The molecule has 1 saturated heterocycles. The predicted molar refractivity (Wildman–Crippen MR) is 97.8 cm³/mol. The molecule has 0 aliphatic carbocycles. The maximum atomic E-state index is 13.0. The van der Waals surface area contributed by atoms with Crippen molar-refractivity contribution in [3.63, 3.8) is 0 Å². The van der Waals surface area contributed by atoms with Gasteiger partial charge in [0.2, 0.25) is 5.91 Å². The number of nitrogens with one attached hydrogen (secondary N) is 1. The van der Waals surface area contributed by atoms with Crippen LogP contribution in [0.2, 0.25) is 5.02 Å². The van der Waals surface area contributed by atoms with E-state index in [1.807, 2.05) is 12.1 Å². The molecule has 1 heterocycles. The van der Waals surface area contributed by atoms with Crippen molar-refractivity contribution in [3.8, 4) is 5.75 Å². The number of carbonyl (C=O) groups excluding carboxylic acids is 1. The number of amides is 1. The van der Waals surface area contributed by atoms with E-state index in [0.29, 0.717) is 27.3 Å². The third kappa shape index (κ3) is 5.04. The predicted octanol–water partition coefficient (Wildman–Crippen LogP) is 3.61.